The van der Waals surface area contributed by atoms with Crippen molar-refractivity contribution in [2.24, 2.45) is 0 Å². The van der Waals surface area contributed by atoms with Crippen molar-refractivity contribution in [3.05, 3.63) is 122 Å². The second-order valence-corrected chi connectivity index (χ2v) is 10.3. The van der Waals surface area contributed by atoms with Gasteiger partial charge in [0.1, 0.15) is 11.2 Å². The van der Waals surface area contributed by atoms with Gasteiger partial charge in [-0.05, 0) is 150 Å². The predicted molar refractivity (Wildman–Crippen MR) is 162 cm³/mol. The molecule has 0 N–H and O–H groups in total. The van der Waals surface area contributed by atoms with E-state index in [9.17, 15) is 0 Å². The second kappa shape index (κ2) is 8.01. The van der Waals surface area contributed by atoms with Gasteiger partial charge in [-0.1, -0.05) is 0 Å². The highest BCUT2D eigenvalue weighted by molar-refractivity contribution is 6.24. The average Bonchev–Trinajstić information content (AvgIpc) is 3.67. The number of benzene rings is 5. The molecule has 0 saturated heterocycles. The van der Waals surface area contributed by atoms with Gasteiger partial charge in [0.15, 0.2) is 0 Å². The molecule has 0 atom stereocenters. The highest BCUT2D eigenvalue weighted by Gasteiger charge is 2.16. The van der Waals surface area contributed by atoms with Crippen LogP contribution in [0, 0.1) is 0 Å². The number of hydrogen-bond acceptors (Lipinski definition) is 4. The largest absolute Gasteiger partial charge is 0.464 e. The van der Waals surface area contributed by atoms with Crippen molar-refractivity contribution < 1.29 is 8.83 Å². The molecule has 0 aliphatic rings. The van der Waals surface area contributed by atoms with E-state index >= 15 is 0 Å². The molecular weight excluding hydrogens is 492 g/mol. The van der Waals surface area contributed by atoms with Crippen LogP contribution in [0.25, 0.3) is 87.3 Å². The lowest BCUT2D eigenvalue weighted by Crippen LogP contribution is -1.89. The summed E-state index contributed by atoms with van der Waals surface area (Å²) in [6, 6.07) is 30.5. The summed E-state index contributed by atoms with van der Waals surface area (Å²) >= 11 is 0. The molecule has 4 nitrogen and oxygen atoms in total. The van der Waals surface area contributed by atoms with Gasteiger partial charge in [0.05, 0.1) is 12.5 Å². The molecule has 40 heavy (non-hydrogen) atoms. The standard InChI is InChI=1S/C36H20N2O2/c1-7-37-8-2-21(1)27-16-25-13-26-17-28(22-3-9-38-10-4-22)32-15-24-6-12-40-36(24)20-34(32)30(26)18-29(25)33-19-35-23(5-11-39-35)14-31(27)33/h1-20H. The number of fused-ring (bicyclic) bond motifs is 8. The lowest BCUT2D eigenvalue weighted by molar-refractivity contribution is 0.616. The minimum absolute atomic E-state index is 0.885. The summed E-state index contributed by atoms with van der Waals surface area (Å²) in [5, 5.41) is 11.6. The van der Waals surface area contributed by atoms with Crippen molar-refractivity contribution in [1.29, 1.82) is 0 Å². The van der Waals surface area contributed by atoms with E-state index in [1.165, 1.54) is 54.2 Å². The fraction of sp³-hybridized carbons (Fsp3) is 0. The maximum Gasteiger partial charge on any atom is 0.134 e. The van der Waals surface area contributed by atoms with E-state index in [1.807, 2.05) is 36.9 Å². The number of hydrogen-bond donors (Lipinski definition) is 0. The summed E-state index contributed by atoms with van der Waals surface area (Å²) in [6.45, 7) is 0. The van der Waals surface area contributed by atoms with Crippen molar-refractivity contribution in [3.8, 4) is 22.3 Å². The van der Waals surface area contributed by atoms with Gasteiger partial charge in [0.2, 0.25) is 0 Å². The molecule has 0 fully saturated rings. The normalized spacial score (nSPS) is 12.0. The van der Waals surface area contributed by atoms with Gasteiger partial charge in [-0.3, -0.25) is 9.97 Å². The van der Waals surface area contributed by atoms with Gasteiger partial charge in [-0.15, -0.1) is 0 Å². The highest BCUT2D eigenvalue weighted by Crippen LogP contribution is 2.42. The van der Waals surface area contributed by atoms with Crippen LogP contribution >= 0.6 is 0 Å². The first-order chi connectivity index (χ1) is 19.8. The minimum atomic E-state index is 0.885. The number of pyridine rings is 2. The first-order valence-electron chi connectivity index (χ1n) is 13.3. The Morgan fingerprint density at radius 3 is 1.32 bits per heavy atom. The van der Waals surface area contributed by atoms with Gasteiger partial charge in [0.25, 0.3) is 0 Å². The molecule has 0 spiro atoms. The molecule has 0 aliphatic carbocycles. The maximum atomic E-state index is 5.85. The van der Waals surface area contributed by atoms with Crippen molar-refractivity contribution >= 4 is 65.0 Å². The zero-order valence-corrected chi connectivity index (χ0v) is 21.3. The van der Waals surface area contributed by atoms with E-state index in [0.29, 0.717) is 0 Å². The van der Waals surface area contributed by atoms with Crippen LogP contribution in [0.2, 0.25) is 0 Å². The second-order valence-electron chi connectivity index (χ2n) is 10.3. The molecule has 9 aromatic rings. The minimum Gasteiger partial charge on any atom is -0.464 e. The van der Waals surface area contributed by atoms with E-state index < -0.39 is 0 Å². The number of rotatable bonds is 2. The number of nitrogens with zero attached hydrogens (tertiary/aromatic N) is 2. The Bertz CT molecular complexity index is 2250. The molecule has 5 aromatic carbocycles. The highest BCUT2D eigenvalue weighted by atomic mass is 16.3. The Morgan fingerprint density at radius 1 is 0.375 bits per heavy atom. The van der Waals surface area contributed by atoms with Gasteiger partial charge in [0, 0.05) is 35.6 Å². The van der Waals surface area contributed by atoms with Crippen molar-refractivity contribution in [2.45, 2.75) is 0 Å². The van der Waals surface area contributed by atoms with Crippen LogP contribution < -0.4 is 0 Å². The first kappa shape index (κ1) is 21.5. The predicted octanol–water partition coefficient (Wildman–Crippen LogP) is 9.92. The van der Waals surface area contributed by atoms with Crippen LogP contribution in [0.15, 0.2) is 131 Å². The van der Waals surface area contributed by atoms with Crippen LogP contribution in [0.1, 0.15) is 0 Å². The van der Waals surface area contributed by atoms with Gasteiger partial charge in [-0.2, -0.15) is 0 Å². The molecule has 186 valence electrons. The van der Waals surface area contributed by atoms with Gasteiger partial charge >= 0.3 is 0 Å². The molecule has 4 aromatic heterocycles. The Kier molecular flexibility index (Phi) is 4.30. The summed E-state index contributed by atoms with van der Waals surface area (Å²) in [7, 11) is 0. The average molecular weight is 513 g/mol. The Hall–Kier alpha value is -5.48. The van der Waals surface area contributed by atoms with E-state index in [4.69, 9.17) is 8.83 Å². The molecule has 0 amide bonds. The van der Waals surface area contributed by atoms with Crippen LogP contribution in [0.3, 0.4) is 0 Å². The third kappa shape index (κ3) is 3.07. The zero-order valence-electron chi connectivity index (χ0n) is 21.3. The van der Waals surface area contributed by atoms with Crippen LogP contribution in [0.4, 0.5) is 0 Å². The van der Waals surface area contributed by atoms with Crippen LogP contribution in [0.5, 0.6) is 0 Å². The lowest BCUT2D eigenvalue weighted by Gasteiger charge is -2.15. The van der Waals surface area contributed by atoms with Gasteiger partial charge < -0.3 is 8.83 Å². The van der Waals surface area contributed by atoms with Crippen LogP contribution in [-0.4, -0.2) is 9.97 Å². The Morgan fingerprint density at radius 2 is 0.850 bits per heavy atom. The van der Waals surface area contributed by atoms with E-state index in [2.05, 4.69) is 82.8 Å². The lowest BCUT2D eigenvalue weighted by atomic mass is 9.88. The summed E-state index contributed by atoms with van der Waals surface area (Å²) in [6.07, 6.45) is 10.9. The fourth-order valence-electron chi connectivity index (χ4n) is 6.26. The smallest absolute Gasteiger partial charge is 0.134 e. The van der Waals surface area contributed by atoms with Crippen molar-refractivity contribution in [1.82, 2.24) is 9.97 Å². The maximum absolute atomic E-state index is 5.85. The molecule has 0 unspecified atom stereocenters. The summed E-state index contributed by atoms with van der Waals surface area (Å²) in [5.74, 6) is 0. The van der Waals surface area contributed by atoms with Crippen molar-refractivity contribution in [3.63, 3.8) is 0 Å². The summed E-state index contributed by atoms with van der Waals surface area (Å²) in [5.41, 5.74) is 6.41. The van der Waals surface area contributed by atoms with E-state index in [1.54, 1.807) is 12.5 Å². The Balaban J connectivity index is 1.47. The van der Waals surface area contributed by atoms with Crippen LogP contribution in [-0.2, 0) is 0 Å². The fourth-order valence-corrected chi connectivity index (χ4v) is 6.26. The third-order valence-corrected chi connectivity index (χ3v) is 8.15. The first-order valence-corrected chi connectivity index (χ1v) is 13.3. The number of furan rings is 2. The molecule has 0 bridgehead atoms. The molecule has 0 saturated carbocycles. The summed E-state index contributed by atoms with van der Waals surface area (Å²) < 4.78 is 11.7. The zero-order chi connectivity index (χ0) is 26.2. The quantitative estimate of drug-likeness (QED) is 0.171. The number of aromatic nitrogens is 2. The monoisotopic (exact) mass is 512 g/mol. The topological polar surface area (TPSA) is 52.1 Å². The van der Waals surface area contributed by atoms with E-state index in [-0.39, 0.29) is 0 Å². The van der Waals surface area contributed by atoms with E-state index in [0.717, 1.165) is 33.1 Å². The molecule has 4 heterocycles. The molecule has 0 aliphatic heterocycles. The molecule has 4 heteroatoms. The SMILES string of the molecule is c1cc(-c2cc3cc4cc(-c5ccncc5)c5cc6ccoc6cc5c4cc3c3cc4occc4cc23)ccn1. The Labute approximate surface area is 228 Å². The van der Waals surface area contributed by atoms with Crippen molar-refractivity contribution in [2.75, 3.05) is 0 Å². The molecule has 9 rings (SSSR count). The third-order valence-electron chi connectivity index (χ3n) is 8.15. The summed E-state index contributed by atoms with van der Waals surface area (Å²) in [4.78, 5) is 8.51. The molecular formula is C36H20N2O2. The van der Waals surface area contributed by atoms with Gasteiger partial charge in [-0.25, -0.2) is 0 Å². The molecule has 0 radical (unpaired) electrons.